The summed E-state index contributed by atoms with van der Waals surface area (Å²) in [4.78, 5) is 11.7. The summed E-state index contributed by atoms with van der Waals surface area (Å²) in [5, 5.41) is 0. The van der Waals surface area contributed by atoms with E-state index in [-0.39, 0.29) is 13.3 Å². The summed E-state index contributed by atoms with van der Waals surface area (Å²) < 4.78 is 23.8. The van der Waals surface area contributed by atoms with Crippen LogP contribution in [0.2, 0.25) is 0 Å². The van der Waals surface area contributed by atoms with E-state index in [2.05, 4.69) is 0 Å². The van der Waals surface area contributed by atoms with Crippen molar-refractivity contribution in [2.24, 2.45) is 0 Å². The summed E-state index contributed by atoms with van der Waals surface area (Å²) in [6.07, 6.45) is 16.2. The molecule has 22 heavy (non-hydrogen) atoms. The van der Waals surface area contributed by atoms with Crippen LogP contribution >= 0.6 is 0 Å². The molecular weight excluding hydrogens is 282 g/mol. The minimum atomic E-state index is -0.188. The van der Waals surface area contributed by atoms with Crippen LogP contribution < -0.4 is 0 Å². The SMILES string of the molecule is O=C(CCCCCCCCCF)CCCCCCCCCF. The molecule has 1 nitrogen and oxygen atoms in total. The number of hydrogen-bond acceptors (Lipinski definition) is 1. The van der Waals surface area contributed by atoms with E-state index in [1.54, 1.807) is 0 Å². The minimum absolute atomic E-state index is 0.188. The van der Waals surface area contributed by atoms with Gasteiger partial charge in [0, 0.05) is 12.8 Å². The molecule has 3 heteroatoms. The second kappa shape index (κ2) is 18.6. The van der Waals surface area contributed by atoms with E-state index in [1.165, 1.54) is 25.7 Å². The third kappa shape index (κ3) is 17.6. The number of rotatable bonds is 18. The van der Waals surface area contributed by atoms with Gasteiger partial charge >= 0.3 is 0 Å². The lowest BCUT2D eigenvalue weighted by atomic mass is 10.0. The van der Waals surface area contributed by atoms with E-state index >= 15 is 0 Å². The van der Waals surface area contributed by atoms with Crippen LogP contribution in [0, 0.1) is 0 Å². The first-order valence-corrected chi connectivity index (χ1v) is 9.45. The molecule has 0 aliphatic rings. The predicted octanol–water partition coefficient (Wildman–Crippen LogP) is 6.74. The first kappa shape index (κ1) is 21.5. The van der Waals surface area contributed by atoms with Gasteiger partial charge in [-0.05, 0) is 25.7 Å². The molecule has 0 N–H and O–H groups in total. The predicted molar refractivity (Wildman–Crippen MR) is 90.8 cm³/mol. The number of carbonyl (C=O) groups excluding carboxylic acids is 1. The Morgan fingerprint density at radius 3 is 1.05 bits per heavy atom. The second-order valence-corrected chi connectivity index (χ2v) is 6.37. The van der Waals surface area contributed by atoms with Gasteiger partial charge in [-0.25, -0.2) is 0 Å². The number of unbranched alkanes of at least 4 members (excludes halogenated alkanes) is 12. The fraction of sp³-hybridized carbons (Fsp3) is 0.947. The smallest absolute Gasteiger partial charge is 0.132 e. The van der Waals surface area contributed by atoms with Crippen molar-refractivity contribution in [1.82, 2.24) is 0 Å². The van der Waals surface area contributed by atoms with Gasteiger partial charge in [-0.15, -0.1) is 0 Å². The van der Waals surface area contributed by atoms with Crippen molar-refractivity contribution in [1.29, 1.82) is 0 Å². The van der Waals surface area contributed by atoms with Crippen LogP contribution in [-0.4, -0.2) is 19.1 Å². The zero-order chi connectivity index (χ0) is 16.3. The molecule has 0 rings (SSSR count). The highest BCUT2D eigenvalue weighted by atomic mass is 19.1. The van der Waals surface area contributed by atoms with Crippen molar-refractivity contribution >= 4 is 5.78 Å². The third-order valence-electron chi connectivity index (χ3n) is 4.18. The van der Waals surface area contributed by atoms with Crippen molar-refractivity contribution < 1.29 is 13.6 Å². The zero-order valence-corrected chi connectivity index (χ0v) is 14.4. The number of ketones is 1. The molecule has 0 aliphatic carbocycles. The van der Waals surface area contributed by atoms with Crippen LogP contribution in [0.3, 0.4) is 0 Å². The molecule has 0 heterocycles. The lowest BCUT2D eigenvalue weighted by Crippen LogP contribution is -1.97. The minimum Gasteiger partial charge on any atom is -0.300 e. The number of hydrogen-bond donors (Lipinski definition) is 0. The van der Waals surface area contributed by atoms with Crippen molar-refractivity contribution in [2.75, 3.05) is 13.3 Å². The van der Waals surface area contributed by atoms with Crippen LogP contribution in [0.25, 0.3) is 0 Å². The third-order valence-corrected chi connectivity index (χ3v) is 4.18. The maximum atomic E-state index is 11.9. The van der Waals surface area contributed by atoms with Gasteiger partial charge in [0.15, 0.2) is 0 Å². The Balaban J connectivity index is 3.13. The lowest BCUT2D eigenvalue weighted by Gasteiger charge is -2.03. The number of Topliss-reactive ketones (excluding diaryl/α,β-unsaturated/α-hetero) is 1. The molecule has 0 saturated carbocycles. The van der Waals surface area contributed by atoms with Crippen molar-refractivity contribution in [3.63, 3.8) is 0 Å². The molecule has 0 fully saturated rings. The number of carbonyl (C=O) groups is 1. The summed E-state index contributed by atoms with van der Waals surface area (Å²) in [5.74, 6) is 0.412. The Morgan fingerprint density at radius 1 is 0.455 bits per heavy atom. The highest BCUT2D eigenvalue weighted by molar-refractivity contribution is 5.78. The van der Waals surface area contributed by atoms with Crippen molar-refractivity contribution in [2.45, 2.75) is 103 Å². The maximum Gasteiger partial charge on any atom is 0.132 e. The fourth-order valence-electron chi connectivity index (χ4n) is 2.73. The zero-order valence-electron chi connectivity index (χ0n) is 14.4. The molecule has 0 unspecified atom stereocenters. The summed E-state index contributed by atoms with van der Waals surface area (Å²) in [6.45, 7) is -0.377. The summed E-state index contributed by atoms with van der Waals surface area (Å²) >= 11 is 0. The molecule has 0 spiro atoms. The van der Waals surface area contributed by atoms with Gasteiger partial charge in [-0.2, -0.15) is 0 Å². The monoisotopic (exact) mass is 318 g/mol. The molecule has 0 bridgehead atoms. The Labute approximate surface area is 136 Å². The van der Waals surface area contributed by atoms with E-state index in [9.17, 15) is 13.6 Å². The highest BCUT2D eigenvalue weighted by Crippen LogP contribution is 2.12. The topological polar surface area (TPSA) is 17.1 Å². The molecule has 0 aliphatic heterocycles. The Kier molecular flexibility index (Phi) is 18.2. The summed E-state index contributed by atoms with van der Waals surface area (Å²) in [7, 11) is 0. The van der Waals surface area contributed by atoms with Gasteiger partial charge in [0.05, 0.1) is 13.3 Å². The normalized spacial score (nSPS) is 11.0. The van der Waals surface area contributed by atoms with Gasteiger partial charge in [-0.3, -0.25) is 13.6 Å². The number of halogens is 2. The first-order valence-electron chi connectivity index (χ1n) is 9.45. The van der Waals surface area contributed by atoms with Crippen LogP contribution in [0.15, 0.2) is 0 Å². The van der Waals surface area contributed by atoms with E-state index in [1.807, 2.05) is 0 Å². The van der Waals surface area contributed by atoms with Crippen LogP contribution in [-0.2, 0) is 4.79 Å². The molecule has 0 aromatic heterocycles. The summed E-state index contributed by atoms with van der Waals surface area (Å²) in [6, 6.07) is 0. The molecular formula is C19H36F2O. The van der Waals surface area contributed by atoms with Gasteiger partial charge < -0.3 is 0 Å². The molecule has 0 aromatic rings. The molecule has 132 valence electrons. The molecule has 0 radical (unpaired) electrons. The fourth-order valence-corrected chi connectivity index (χ4v) is 2.73. The Morgan fingerprint density at radius 2 is 0.727 bits per heavy atom. The van der Waals surface area contributed by atoms with Crippen molar-refractivity contribution in [3.8, 4) is 0 Å². The molecule has 0 atom stereocenters. The maximum absolute atomic E-state index is 11.9. The standard InChI is InChI=1S/C19H36F2O/c20-17-13-9-5-1-3-7-11-15-19(22)16-12-8-4-2-6-10-14-18-21/h1-18H2. The Bertz CT molecular complexity index is 209. The lowest BCUT2D eigenvalue weighted by molar-refractivity contribution is -0.119. The van der Waals surface area contributed by atoms with E-state index in [0.29, 0.717) is 18.6 Å². The highest BCUT2D eigenvalue weighted by Gasteiger charge is 2.02. The van der Waals surface area contributed by atoms with E-state index in [4.69, 9.17) is 0 Å². The van der Waals surface area contributed by atoms with Gasteiger partial charge in [-0.1, -0.05) is 64.2 Å². The van der Waals surface area contributed by atoms with Crippen LogP contribution in [0.5, 0.6) is 0 Å². The second-order valence-electron chi connectivity index (χ2n) is 6.37. The Hall–Kier alpha value is -0.470. The molecule has 0 saturated heterocycles. The van der Waals surface area contributed by atoms with Gasteiger partial charge in [0.25, 0.3) is 0 Å². The largest absolute Gasteiger partial charge is 0.300 e. The first-order chi connectivity index (χ1) is 10.8. The van der Waals surface area contributed by atoms with E-state index in [0.717, 1.165) is 64.2 Å². The molecule has 0 aromatic carbocycles. The number of alkyl halides is 2. The summed E-state index contributed by atoms with van der Waals surface area (Å²) in [5.41, 5.74) is 0. The van der Waals surface area contributed by atoms with Gasteiger partial charge in [0.1, 0.15) is 5.78 Å². The average molecular weight is 318 g/mol. The van der Waals surface area contributed by atoms with Crippen LogP contribution in [0.1, 0.15) is 103 Å². The molecule has 0 amide bonds. The average Bonchev–Trinajstić information content (AvgIpc) is 2.52. The van der Waals surface area contributed by atoms with Crippen LogP contribution in [0.4, 0.5) is 8.78 Å². The van der Waals surface area contributed by atoms with Crippen molar-refractivity contribution in [3.05, 3.63) is 0 Å². The van der Waals surface area contributed by atoms with E-state index < -0.39 is 0 Å². The van der Waals surface area contributed by atoms with Gasteiger partial charge in [0.2, 0.25) is 0 Å². The quantitative estimate of drug-likeness (QED) is 0.256.